The van der Waals surface area contributed by atoms with Crippen LogP contribution >= 0.6 is 0 Å². The van der Waals surface area contributed by atoms with E-state index in [1.54, 1.807) is 20.8 Å². The van der Waals surface area contributed by atoms with Crippen molar-refractivity contribution in [1.29, 1.82) is 0 Å². The van der Waals surface area contributed by atoms with Crippen LogP contribution < -0.4 is 14.8 Å². The molecule has 0 fully saturated rings. The van der Waals surface area contributed by atoms with Crippen LogP contribution in [-0.4, -0.2) is 61.3 Å². The molecule has 0 bridgehead atoms. The van der Waals surface area contributed by atoms with E-state index in [-0.39, 0.29) is 43.6 Å². The van der Waals surface area contributed by atoms with Crippen LogP contribution in [0, 0.1) is 5.41 Å². The third kappa shape index (κ3) is 11.5. The summed E-state index contributed by atoms with van der Waals surface area (Å²) < 4.78 is 25.6. The van der Waals surface area contributed by atoms with Gasteiger partial charge in [-0.25, -0.2) is 9.59 Å². The van der Waals surface area contributed by atoms with Crippen molar-refractivity contribution in [1.82, 2.24) is 5.32 Å². The molecule has 0 aromatic heterocycles. The van der Waals surface area contributed by atoms with Gasteiger partial charge in [-0.2, -0.15) is 0 Å². The first-order valence-electron chi connectivity index (χ1n) is 12.4. The Labute approximate surface area is 217 Å². The summed E-state index contributed by atoms with van der Waals surface area (Å²) in [7, 11) is 0. The van der Waals surface area contributed by atoms with E-state index < -0.39 is 35.8 Å². The van der Waals surface area contributed by atoms with Gasteiger partial charge in [0, 0.05) is 6.54 Å². The van der Waals surface area contributed by atoms with E-state index in [0.717, 1.165) is 0 Å². The summed E-state index contributed by atoms with van der Waals surface area (Å²) in [6.45, 7) is 11.2. The largest absolute Gasteiger partial charge is 0.513 e. The minimum Gasteiger partial charge on any atom is -0.480 e. The average Bonchev–Trinajstić information content (AvgIpc) is 2.85. The van der Waals surface area contributed by atoms with Crippen molar-refractivity contribution in [3.05, 3.63) is 23.8 Å². The number of carbonyl (C=O) groups excluding carboxylic acids is 3. The molecule has 0 heterocycles. The minimum atomic E-state index is -1.12. The number of carboxylic acids is 1. The van der Waals surface area contributed by atoms with Gasteiger partial charge < -0.3 is 34.1 Å². The van der Waals surface area contributed by atoms with Gasteiger partial charge in [-0.15, -0.1) is 0 Å². The Morgan fingerprint density at radius 2 is 1.51 bits per heavy atom. The number of esters is 1. The Morgan fingerprint density at radius 1 is 0.946 bits per heavy atom. The zero-order valence-electron chi connectivity index (χ0n) is 22.5. The van der Waals surface area contributed by atoms with Crippen molar-refractivity contribution in [3.63, 3.8) is 0 Å². The molecular formula is C26H39NO10. The second kappa shape index (κ2) is 15.7. The van der Waals surface area contributed by atoms with Crippen LogP contribution in [0.5, 0.6) is 11.5 Å². The lowest BCUT2D eigenvalue weighted by molar-refractivity contribution is -0.158. The molecule has 0 spiro atoms. The fourth-order valence-electron chi connectivity index (χ4n) is 2.77. The Morgan fingerprint density at radius 3 is 2.03 bits per heavy atom. The number of carboxylic acid groups (broad SMARTS) is 1. The average molecular weight is 526 g/mol. The summed E-state index contributed by atoms with van der Waals surface area (Å²) in [5, 5.41) is 12.6. The Balaban J connectivity index is 2.97. The molecule has 0 saturated carbocycles. The lowest BCUT2D eigenvalue weighted by atomic mass is 9.90. The Bertz CT molecular complexity index is 915. The topological polar surface area (TPSA) is 147 Å². The van der Waals surface area contributed by atoms with E-state index in [0.29, 0.717) is 24.8 Å². The number of aliphatic carboxylic acids is 1. The second-order valence-electron chi connectivity index (χ2n) is 9.14. The predicted octanol–water partition coefficient (Wildman–Crippen LogP) is 4.49. The van der Waals surface area contributed by atoms with Gasteiger partial charge in [-0.3, -0.25) is 9.59 Å². The van der Waals surface area contributed by atoms with Crippen LogP contribution in [-0.2, 0) is 30.2 Å². The second-order valence-corrected chi connectivity index (χ2v) is 9.14. The smallest absolute Gasteiger partial charge is 0.480 e. The molecule has 208 valence electrons. The minimum absolute atomic E-state index is 0.00260. The Kier molecular flexibility index (Phi) is 13.4. The predicted molar refractivity (Wildman–Crippen MR) is 134 cm³/mol. The van der Waals surface area contributed by atoms with Gasteiger partial charge in [0.05, 0.1) is 18.6 Å². The van der Waals surface area contributed by atoms with Crippen molar-refractivity contribution < 1.29 is 48.0 Å². The van der Waals surface area contributed by atoms with Crippen LogP contribution in [0.4, 0.5) is 9.59 Å². The lowest BCUT2D eigenvalue weighted by Crippen LogP contribution is -2.43. The van der Waals surface area contributed by atoms with Crippen molar-refractivity contribution in [2.24, 2.45) is 5.41 Å². The monoisotopic (exact) mass is 525 g/mol. The molecule has 0 aliphatic rings. The molecule has 0 amide bonds. The van der Waals surface area contributed by atoms with Crippen LogP contribution in [0.25, 0.3) is 0 Å². The van der Waals surface area contributed by atoms with E-state index in [1.165, 1.54) is 18.2 Å². The number of hydrogen-bond donors (Lipinski definition) is 2. The quantitative estimate of drug-likeness (QED) is 0.190. The molecule has 1 aromatic carbocycles. The summed E-state index contributed by atoms with van der Waals surface area (Å²) in [5.74, 6) is -1.70. The number of nitrogens with one attached hydrogen (secondary N) is 1. The molecule has 0 radical (unpaired) electrons. The fraction of sp³-hybridized carbons (Fsp3) is 0.615. The van der Waals surface area contributed by atoms with Crippen LogP contribution in [0.2, 0.25) is 0 Å². The van der Waals surface area contributed by atoms with Crippen LogP contribution in [0.15, 0.2) is 18.2 Å². The molecule has 1 aromatic rings. The first-order chi connectivity index (χ1) is 17.4. The highest BCUT2D eigenvalue weighted by Gasteiger charge is 2.29. The van der Waals surface area contributed by atoms with Gasteiger partial charge in [0.15, 0.2) is 11.5 Å². The first-order valence-corrected chi connectivity index (χ1v) is 12.4. The number of rotatable bonds is 15. The molecule has 0 aliphatic heterocycles. The van der Waals surface area contributed by atoms with E-state index >= 15 is 0 Å². The third-order valence-corrected chi connectivity index (χ3v) is 5.38. The van der Waals surface area contributed by atoms with Gasteiger partial charge in [-0.1, -0.05) is 26.8 Å². The normalized spacial score (nSPS) is 12.7. The molecule has 11 nitrogen and oxygen atoms in total. The first kappa shape index (κ1) is 31.7. The summed E-state index contributed by atoms with van der Waals surface area (Å²) in [4.78, 5) is 48.1. The highest BCUT2D eigenvalue weighted by atomic mass is 16.7. The maximum Gasteiger partial charge on any atom is 0.513 e. The zero-order valence-corrected chi connectivity index (χ0v) is 22.5. The molecule has 2 atom stereocenters. The Hall–Kier alpha value is -3.34. The van der Waals surface area contributed by atoms with Crippen molar-refractivity contribution in [3.8, 4) is 11.5 Å². The summed E-state index contributed by atoms with van der Waals surface area (Å²) >= 11 is 0. The number of hydrogen-bond acceptors (Lipinski definition) is 10. The molecular weight excluding hydrogens is 486 g/mol. The van der Waals surface area contributed by atoms with Crippen LogP contribution in [0.3, 0.4) is 0 Å². The number of ether oxygens (including phenoxy) is 5. The highest BCUT2D eigenvalue weighted by Crippen LogP contribution is 2.30. The van der Waals surface area contributed by atoms with E-state index in [2.05, 4.69) is 5.32 Å². The highest BCUT2D eigenvalue weighted by molar-refractivity contribution is 5.76. The van der Waals surface area contributed by atoms with Crippen LogP contribution in [0.1, 0.15) is 66.4 Å². The third-order valence-electron chi connectivity index (χ3n) is 5.38. The lowest BCUT2D eigenvalue weighted by Gasteiger charge is -2.24. The van der Waals surface area contributed by atoms with E-state index in [1.807, 2.05) is 20.8 Å². The number of benzene rings is 1. The maximum atomic E-state index is 12.3. The SMILES string of the molecule is CCCOC(=O)Oc1ccc(C[C@H](NCC(C)OC(=O)C(C)(C)CC)C(=O)O)cc1OC(=O)OCCC. The molecule has 2 N–H and O–H groups in total. The van der Waals surface area contributed by atoms with E-state index in [9.17, 15) is 24.3 Å². The molecule has 0 aliphatic carbocycles. The van der Waals surface area contributed by atoms with Gasteiger partial charge in [-0.05, 0) is 64.2 Å². The fourth-order valence-corrected chi connectivity index (χ4v) is 2.77. The zero-order chi connectivity index (χ0) is 28.0. The van der Waals surface area contributed by atoms with Crippen molar-refractivity contribution in [2.45, 2.75) is 79.4 Å². The standard InChI is InChI=1S/C26H39NO10/c1-7-12-33-24(31)36-20-11-10-18(15-21(20)37-25(32)34-13-8-2)14-19(22(28)29)27-16-17(4)35-23(30)26(5,6)9-3/h10-11,15,17,19,27H,7-9,12-14,16H2,1-6H3,(H,28,29)/t17?,19-/m0/s1. The number of carbonyl (C=O) groups is 4. The van der Waals surface area contributed by atoms with Gasteiger partial charge in [0.1, 0.15) is 12.1 Å². The van der Waals surface area contributed by atoms with Crippen molar-refractivity contribution in [2.75, 3.05) is 19.8 Å². The summed E-state index contributed by atoms with van der Waals surface area (Å²) in [6.07, 6.45) is -0.744. The maximum absolute atomic E-state index is 12.3. The molecule has 1 unspecified atom stereocenters. The molecule has 1 rings (SSSR count). The van der Waals surface area contributed by atoms with Gasteiger partial charge in [0.25, 0.3) is 0 Å². The molecule has 37 heavy (non-hydrogen) atoms. The van der Waals surface area contributed by atoms with Gasteiger partial charge in [0.2, 0.25) is 0 Å². The summed E-state index contributed by atoms with van der Waals surface area (Å²) in [6, 6.07) is 3.26. The molecule has 0 saturated heterocycles. The van der Waals surface area contributed by atoms with E-state index in [4.69, 9.17) is 23.7 Å². The van der Waals surface area contributed by atoms with Crippen molar-refractivity contribution >= 4 is 24.2 Å². The summed E-state index contributed by atoms with van der Waals surface area (Å²) in [5.41, 5.74) is -0.161. The van der Waals surface area contributed by atoms with Gasteiger partial charge >= 0.3 is 24.2 Å². The molecule has 11 heteroatoms.